The van der Waals surface area contributed by atoms with Gasteiger partial charge < -0.3 is 5.32 Å². The van der Waals surface area contributed by atoms with Gasteiger partial charge in [0.05, 0.1) is 0 Å². The van der Waals surface area contributed by atoms with E-state index in [9.17, 15) is 0 Å². The minimum absolute atomic E-state index is 0.780. The van der Waals surface area contributed by atoms with Crippen LogP contribution in [-0.4, -0.2) is 17.2 Å². The molecule has 1 aromatic heterocycles. The summed E-state index contributed by atoms with van der Waals surface area (Å²) in [6.45, 7) is 4.99. The molecule has 0 fully saturated rings. The van der Waals surface area contributed by atoms with Crippen LogP contribution in [0.4, 0.5) is 0 Å². The van der Waals surface area contributed by atoms with E-state index in [2.05, 4.69) is 47.6 Å². The van der Waals surface area contributed by atoms with E-state index in [1.165, 1.54) is 16.7 Å². The van der Waals surface area contributed by atoms with E-state index < -0.39 is 0 Å². The van der Waals surface area contributed by atoms with Crippen LogP contribution in [0, 0.1) is 13.8 Å². The molecule has 0 aliphatic heterocycles. The molecule has 0 saturated carbocycles. The Bertz CT molecular complexity index is 491. The van der Waals surface area contributed by atoms with Gasteiger partial charge in [0, 0.05) is 12.1 Å². The third-order valence-corrected chi connectivity index (χ3v) is 3.36. The van der Waals surface area contributed by atoms with E-state index in [0.717, 1.165) is 16.6 Å². The molecule has 4 heteroatoms. The SMILES string of the molecule is CNCc1nnc(-c2ccc(C)cc2C)s1. The molecule has 0 unspecified atom stereocenters. The van der Waals surface area contributed by atoms with Gasteiger partial charge in [-0.25, -0.2) is 0 Å². The Hall–Kier alpha value is -1.26. The van der Waals surface area contributed by atoms with Gasteiger partial charge in [-0.05, 0) is 26.5 Å². The van der Waals surface area contributed by atoms with Crippen LogP contribution >= 0.6 is 11.3 Å². The van der Waals surface area contributed by atoms with E-state index in [0.29, 0.717) is 0 Å². The third-order valence-electron chi connectivity index (χ3n) is 2.41. The van der Waals surface area contributed by atoms with Crippen LogP contribution < -0.4 is 5.32 Å². The summed E-state index contributed by atoms with van der Waals surface area (Å²) in [6, 6.07) is 6.41. The minimum atomic E-state index is 0.780. The number of hydrogen-bond acceptors (Lipinski definition) is 4. The lowest BCUT2D eigenvalue weighted by atomic mass is 10.1. The normalized spacial score (nSPS) is 10.7. The maximum absolute atomic E-state index is 4.22. The van der Waals surface area contributed by atoms with Crippen molar-refractivity contribution < 1.29 is 0 Å². The number of aryl methyl sites for hydroxylation is 2. The van der Waals surface area contributed by atoms with Crippen molar-refractivity contribution in [2.75, 3.05) is 7.05 Å². The lowest BCUT2D eigenvalue weighted by molar-refractivity contribution is 0.795. The van der Waals surface area contributed by atoms with Crippen molar-refractivity contribution in [3.05, 3.63) is 34.3 Å². The maximum atomic E-state index is 4.22. The second kappa shape index (κ2) is 4.72. The molecule has 2 aromatic rings. The Morgan fingerprint density at radius 3 is 2.75 bits per heavy atom. The Morgan fingerprint density at radius 2 is 2.06 bits per heavy atom. The zero-order valence-corrected chi connectivity index (χ0v) is 10.6. The number of hydrogen-bond donors (Lipinski definition) is 1. The highest BCUT2D eigenvalue weighted by atomic mass is 32.1. The minimum Gasteiger partial charge on any atom is -0.313 e. The zero-order chi connectivity index (χ0) is 11.5. The average Bonchev–Trinajstić information content (AvgIpc) is 2.67. The van der Waals surface area contributed by atoms with Crippen molar-refractivity contribution in [3.8, 4) is 10.6 Å². The second-order valence-corrected chi connectivity index (χ2v) is 4.91. The maximum Gasteiger partial charge on any atom is 0.148 e. The summed E-state index contributed by atoms with van der Waals surface area (Å²) < 4.78 is 0. The standard InChI is InChI=1S/C12H15N3S/c1-8-4-5-10(9(2)6-8)12-15-14-11(16-12)7-13-3/h4-6,13H,7H2,1-3H3. The fourth-order valence-electron chi connectivity index (χ4n) is 1.64. The summed E-state index contributed by atoms with van der Waals surface area (Å²) in [5.41, 5.74) is 3.72. The van der Waals surface area contributed by atoms with Crippen LogP contribution in [0.1, 0.15) is 16.1 Å². The lowest BCUT2D eigenvalue weighted by Crippen LogP contribution is -2.04. The van der Waals surface area contributed by atoms with Gasteiger partial charge in [-0.3, -0.25) is 0 Å². The fourth-order valence-corrected chi connectivity index (χ4v) is 2.58. The van der Waals surface area contributed by atoms with Gasteiger partial charge in [0.15, 0.2) is 0 Å². The molecule has 0 aliphatic carbocycles. The number of nitrogens with one attached hydrogen (secondary N) is 1. The Kier molecular flexibility index (Phi) is 3.31. The van der Waals surface area contributed by atoms with Crippen LogP contribution in [0.2, 0.25) is 0 Å². The van der Waals surface area contributed by atoms with Crippen molar-refractivity contribution in [1.82, 2.24) is 15.5 Å². The second-order valence-electron chi connectivity index (χ2n) is 3.85. The number of nitrogens with zero attached hydrogens (tertiary/aromatic N) is 2. The van der Waals surface area contributed by atoms with Crippen molar-refractivity contribution in [2.24, 2.45) is 0 Å². The molecule has 0 aliphatic rings. The first kappa shape index (κ1) is 11.2. The molecule has 2 rings (SSSR count). The number of rotatable bonds is 3. The van der Waals surface area contributed by atoms with Crippen LogP contribution in [0.25, 0.3) is 10.6 Å². The van der Waals surface area contributed by atoms with Gasteiger partial charge in [-0.2, -0.15) is 0 Å². The molecule has 0 atom stereocenters. The van der Waals surface area contributed by atoms with Gasteiger partial charge in [-0.15, -0.1) is 10.2 Å². The van der Waals surface area contributed by atoms with Gasteiger partial charge in [0.1, 0.15) is 10.0 Å². The lowest BCUT2D eigenvalue weighted by Gasteiger charge is -2.02. The number of benzene rings is 1. The smallest absolute Gasteiger partial charge is 0.148 e. The fraction of sp³-hybridized carbons (Fsp3) is 0.333. The van der Waals surface area contributed by atoms with Crippen molar-refractivity contribution >= 4 is 11.3 Å². The van der Waals surface area contributed by atoms with Crippen molar-refractivity contribution in [2.45, 2.75) is 20.4 Å². The molecule has 1 aromatic carbocycles. The van der Waals surface area contributed by atoms with E-state index >= 15 is 0 Å². The van der Waals surface area contributed by atoms with E-state index in [4.69, 9.17) is 0 Å². The van der Waals surface area contributed by atoms with Crippen LogP contribution in [0.15, 0.2) is 18.2 Å². The Morgan fingerprint density at radius 1 is 1.25 bits per heavy atom. The third kappa shape index (κ3) is 2.28. The number of aromatic nitrogens is 2. The molecule has 0 radical (unpaired) electrons. The van der Waals surface area contributed by atoms with Crippen LogP contribution in [-0.2, 0) is 6.54 Å². The first-order valence-electron chi connectivity index (χ1n) is 5.25. The molecular formula is C12H15N3S. The average molecular weight is 233 g/mol. The monoisotopic (exact) mass is 233 g/mol. The van der Waals surface area contributed by atoms with Gasteiger partial charge >= 0.3 is 0 Å². The van der Waals surface area contributed by atoms with Crippen molar-refractivity contribution in [3.63, 3.8) is 0 Å². The van der Waals surface area contributed by atoms with Gasteiger partial charge in [0.25, 0.3) is 0 Å². The van der Waals surface area contributed by atoms with E-state index in [1.54, 1.807) is 11.3 Å². The first-order valence-corrected chi connectivity index (χ1v) is 6.07. The molecule has 16 heavy (non-hydrogen) atoms. The molecular weight excluding hydrogens is 218 g/mol. The molecule has 0 bridgehead atoms. The summed E-state index contributed by atoms with van der Waals surface area (Å²) in [6.07, 6.45) is 0. The quantitative estimate of drug-likeness (QED) is 0.885. The van der Waals surface area contributed by atoms with Crippen molar-refractivity contribution in [1.29, 1.82) is 0 Å². The molecule has 1 N–H and O–H groups in total. The molecule has 3 nitrogen and oxygen atoms in total. The topological polar surface area (TPSA) is 37.8 Å². The molecule has 84 valence electrons. The highest BCUT2D eigenvalue weighted by Crippen LogP contribution is 2.27. The summed E-state index contributed by atoms with van der Waals surface area (Å²) in [4.78, 5) is 0. The Labute approximate surface area is 99.5 Å². The molecule has 0 amide bonds. The molecule has 1 heterocycles. The molecule has 0 spiro atoms. The van der Waals surface area contributed by atoms with Crippen LogP contribution in [0.3, 0.4) is 0 Å². The first-order chi connectivity index (χ1) is 7.70. The van der Waals surface area contributed by atoms with Gasteiger partial charge in [-0.1, -0.05) is 35.1 Å². The van der Waals surface area contributed by atoms with Crippen LogP contribution in [0.5, 0.6) is 0 Å². The van der Waals surface area contributed by atoms with Gasteiger partial charge in [0.2, 0.25) is 0 Å². The predicted molar refractivity (Wildman–Crippen MR) is 67.6 cm³/mol. The predicted octanol–water partition coefficient (Wildman–Crippen LogP) is 2.54. The van der Waals surface area contributed by atoms with E-state index in [1.807, 2.05) is 7.05 Å². The highest BCUT2D eigenvalue weighted by Gasteiger charge is 2.08. The summed E-state index contributed by atoms with van der Waals surface area (Å²) in [5, 5.41) is 13.5. The summed E-state index contributed by atoms with van der Waals surface area (Å²) in [5.74, 6) is 0. The summed E-state index contributed by atoms with van der Waals surface area (Å²) in [7, 11) is 1.91. The highest BCUT2D eigenvalue weighted by molar-refractivity contribution is 7.14. The Balaban J connectivity index is 2.35. The van der Waals surface area contributed by atoms with E-state index in [-0.39, 0.29) is 0 Å². The molecule has 0 saturated heterocycles. The summed E-state index contributed by atoms with van der Waals surface area (Å²) >= 11 is 1.65. The largest absolute Gasteiger partial charge is 0.313 e. The zero-order valence-electron chi connectivity index (χ0n) is 9.74.